The van der Waals surface area contributed by atoms with Gasteiger partial charge in [-0.3, -0.25) is 4.98 Å². The van der Waals surface area contributed by atoms with Crippen molar-refractivity contribution in [3.05, 3.63) is 71.9 Å². The van der Waals surface area contributed by atoms with Gasteiger partial charge in [0.05, 0.1) is 18.0 Å². The largest absolute Gasteiger partial charge is 0.497 e. The number of rotatable bonds is 3. The van der Waals surface area contributed by atoms with E-state index in [1.165, 1.54) is 0 Å². The van der Waals surface area contributed by atoms with E-state index in [0.717, 1.165) is 27.8 Å². The molecule has 0 aliphatic heterocycles. The molecule has 0 amide bonds. The van der Waals surface area contributed by atoms with Crippen LogP contribution >= 0.6 is 11.6 Å². The van der Waals surface area contributed by atoms with Gasteiger partial charge in [-0.25, -0.2) is 0 Å². The normalized spacial score (nSPS) is 12.3. The van der Waals surface area contributed by atoms with Crippen LogP contribution in [-0.4, -0.2) is 12.1 Å². The highest BCUT2D eigenvalue weighted by Crippen LogP contribution is 2.32. The van der Waals surface area contributed by atoms with Crippen LogP contribution in [0, 0.1) is 0 Å². The first-order valence-electron chi connectivity index (χ1n) is 6.40. The van der Waals surface area contributed by atoms with Crippen molar-refractivity contribution >= 4 is 22.5 Å². The molecule has 1 atom stereocenters. The number of aromatic nitrogens is 1. The van der Waals surface area contributed by atoms with Crippen molar-refractivity contribution in [3.8, 4) is 5.75 Å². The monoisotopic (exact) mass is 283 g/mol. The quantitative estimate of drug-likeness (QED) is 0.657. The number of benzene rings is 2. The summed E-state index contributed by atoms with van der Waals surface area (Å²) in [6, 6.07) is 17.9. The number of halogens is 1. The summed E-state index contributed by atoms with van der Waals surface area (Å²) in [5.74, 6) is 0.815. The van der Waals surface area contributed by atoms with Crippen molar-refractivity contribution in [2.45, 2.75) is 5.38 Å². The average molecular weight is 284 g/mol. The summed E-state index contributed by atoms with van der Waals surface area (Å²) >= 11 is 6.58. The molecule has 0 saturated heterocycles. The fourth-order valence-corrected chi connectivity index (χ4v) is 2.51. The van der Waals surface area contributed by atoms with E-state index < -0.39 is 0 Å². The summed E-state index contributed by atoms with van der Waals surface area (Å²) in [6.45, 7) is 0. The van der Waals surface area contributed by atoms with E-state index >= 15 is 0 Å². The molecule has 0 bridgehead atoms. The molecule has 3 heteroatoms. The van der Waals surface area contributed by atoms with E-state index in [9.17, 15) is 0 Å². The molecule has 100 valence electrons. The van der Waals surface area contributed by atoms with Crippen LogP contribution in [0.4, 0.5) is 0 Å². The van der Waals surface area contributed by atoms with Gasteiger partial charge in [0.25, 0.3) is 0 Å². The van der Waals surface area contributed by atoms with E-state index in [1.807, 2.05) is 48.5 Å². The third-order valence-electron chi connectivity index (χ3n) is 3.31. The minimum atomic E-state index is -0.199. The maximum absolute atomic E-state index is 6.58. The molecule has 0 saturated carbocycles. The van der Waals surface area contributed by atoms with Crippen LogP contribution in [0.5, 0.6) is 5.75 Å². The van der Waals surface area contributed by atoms with Crippen LogP contribution in [0.25, 0.3) is 10.9 Å². The minimum absolute atomic E-state index is 0.199. The molecule has 20 heavy (non-hydrogen) atoms. The SMILES string of the molecule is COc1cccc(C(Cl)c2ccc3ncccc3c2)c1. The van der Waals surface area contributed by atoms with Crippen LogP contribution in [-0.2, 0) is 0 Å². The maximum atomic E-state index is 6.58. The summed E-state index contributed by atoms with van der Waals surface area (Å²) in [7, 11) is 1.66. The molecule has 0 fully saturated rings. The van der Waals surface area contributed by atoms with Gasteiger partial charge in [-0.15, -0.1) is 11.6 Å². The second-order valence-corrected chi connectivity index (χ2v) is 5.03. The van der Waals surface area contributed by atoms with Crippen LogP contribution in [0.15, 0.2) is 60.8 Å². The number of nitrogens with zero attached hydrogens (tertiary/aromatic N) is 1. The first kappa shape index (κ1) is 12.9. The van der Waals surface area contributed by atoms with Crippen molar-refractivity contribution < 1.29 is 4.74 Å². The minimum Gasteiger partial charge on any atom is -0.497 e. The Bertz CT molecular complexity index is 742. The highest BCUT2D eigenvalue weighted by molar-refractivity contribution is 6.22. The van der Waals surface area contributed by atoms with Gasteiger partial charge in [0.15, 0.2) is 0 Å². The van der Waals surface area contributed by atoms with Crippen molar-refractivity contribution in [1.82, 2.24) is 4.98 Å². The Labute approximate surface area is 123 Å². The highest BCUT2D eigenvalue weighted by Gasteiger charge is 2.12. The Hall–Kier alpha value is -2.06. The summed E-state index contributed by atoms with van der Waals surface area (Å²) in [6.07, 6.45) is 1.79. The van der Waals surface area contributed by atoms with E-state index in [2.05, 4.69) is 11.1 Å². The van der Waals surface area contributed by atoms with Crippen LogP contribution in [0.2, 0.25) is 0 Å². The first-order valence-corrected chi connectivity index (χ1v) is 6.84. The Balaban J connectivity index is 2.00. The Morgan fingerprint density at radius 3 is 2.70 bits per heavy atom. The van der Waals surface area contributed by atoms with Gasteiger partial charge in [-0.2, -0.15) is 0 Å². The molecular formula is C17H14ClNO. The lowest BCUT2D eigenvalue weighted by molar-refractivity contribution is 0.414. The zero-order valence-electron chi connectivity index (χ0n) is 11.1. The zero-order valence-corrected chi connectivity index (χ0v) is 11.8. The standard InChI is InChI=1S/C17H14ClNO/c1-20-15-6-2-4-13(11-15)17(18)14-7-8-16-12(10-14)5-3-9-19-16/h2-11,17H,1H3. The smallest absolute Gasteiger partial charge is 0.119 e. The Morgan fingerprint density at radius 1 is 1.00 bits per heavy atom. The lowest BCUT2D eigenvalue weighted by atomic mass is 10.0. The third kappa shape index (κ3) is 2.47. The van der Waals surface area contributed by atoms with E-state index in [-0.39, 0.29) is 5.38 Å². The van der Waals surface area contributed by atoms with Gasteiger partial charge in [0, 0.05) is 11.6 Å². The fourth-order valence-electron chi connectivity index (χ4n) is 2.24. The molecule has 1 heterocycles. The molecular weight excluding hydrogens is 270 g/mol. The number of hydrogen-bond acceptors (Lipinski definition) is 2. The number of fused-ring (bicyclic) bond motifs is 1. The first-order chi connectivity index (χ1) is 9.78. The predicted molar refractivity (Wildman–Crippen MR) is 82.4 cm³/mol. The number of methoxy groups -OCH3 is 1. The number of hydrogen-bond donors (Lipinski definition) is 0. The molecule has 0 spiro atoms. The number of alkyl halides is 1. The van der Waals surface area contributed by atoms with Gasteiger partial charge in [0.1, 0.15) is 5.75 Å². The van der Waals surface area contributed by atoms with Crippen LogP contribution in [0.3, 0.4) is 0 Å². The van der Waals surface area contributed by atoms with Crippen molar-refractivity contribution in [1.29, 1.82) is 0 Å². The topological polar surface area (TPSA) is 22.1 Å². The van der Waals surface area contributed by atoms with E-state index in [1.54, 1.807) is 13.3 Å². The number of ether oxygens (including phenoxy) is 1. The van der Waals surface area contributed by atoms with E-state index in [0.29, 0.717) is 0 Å². The summed E-state index contributed by atoms with van der Waals surface area (Å²) in [5, 5.41) is 0.897. The van der Waals surface area contributed by atoms with Gasteiger partial charge < -0.3 is 4.74 Å². The summed E-state index contributed by atoms with van der Waals surface area (Å²) in [4.78, 5) is 4.32. The van der Waals surface area contributed by atoms with Crippen LogP contribution < -0.4 is 4.74 Å². The molecule has 1 aromatic heterocycles. The molecule has 0 aliphatic rings. The van der Waals surface area contributed by atoms with Gasteiger partial charge >= 0.3 is 0 Å². The van der Waals surface area contributed by atoms with Crippen molar-refractivity contribution in [2.75, 3.05) is 7.11 Å². The Kier molecular flexibility index (Phi) is 3.57. The predicted octanol–water partition coefficient (Wildman–Crippen LogP) is 4.57. The Morgan fingerprint density at radius 2 is 1.85 bits per heavy atom. The molecule has 1 unspecified atom stereocenters. The van der Waals surface area contributed by atoms with Gasteiger partial charge in [0.2, 0.25) is 0 Å². The molecule has 3 rings (SSSR count). The molecule has 0 aliphatic carbocycles. The second-order valence-electron chi connectivity index (χ2n) is 4.59. The number of pyridine rings is 1. The lowest BCUT2D eigenvalue weighted by Crippen LogP contribution is -1.94. The van der Waals surface area contributed by atoms with Crippen LogP contribution in [0.1, 0.15) is 16.5 Å². The van der Waals surface area contributed by atoms with Gasteiger partial charge in [-0.1, -0.05) is 24.3 Å². The maximum Gasteiger partial charge on any atom is 0.119 e. The molecule has 0 N–H and O–H groups in total. The van der Waals surface area contributed by atoms with E-state index in [4.69, 9.17) is 16.3 Å². The van der Waals surface area contributed by atoms with Crippen molar-refractivity contribution in [3.63, 3.8) is 0 Å². The van der Waals surface area contributed by atoms with Crippen molar-refractivity contribution in [2.24, 2.45) is 0 Å². The molecule has 2 aromatic carbocycles. The third-order valence-corrected chi connectivity index (χ3v) is 3.81. The molecule has 2 nitrogen and oxygen atoms in total. The molecule has 3 aromatic rings. The molecule has 0 radical (unpaired) electrons. The van der Waals surface area contributed by atoms with Gasteiger partial charge in [-0.05, 0) is 41.5 Å². The zero-order chi connectivity index (χ0) is 13.9. The fraction of sp³-hybridized carbons (Fsp3) is 0.118. The summed E-state index contributed by atoms with van der Waals surface area (Å²) < 4.78 is 5.24. The average Bonchev–Trinajstić information content (AvgIpc) is 2.53. The highest BCUT2D eigenvalue weighted by atomic mass is 35.5. The lowest BCUT2D eigenvalue weighted by Gasteiger charge is -2.12. The summed E-state index contributed by atoms with van der Waals surface area (Å²) in [5.41, 5.74) is 3.06. The second kappa shape index (κ2) is 5.51.